The fourth-order valence-electron chi connectivity index (χ4n) is 3.85. The number of carbonyl (C=O) groups is 2. The minimum absolute atomic E-state index is 0.121. The number of nitrogens with zero attached hydrogens (tertiary/aromatic N) is 1. The van der Waals surface area contributed by atoms with Crippen LogP contribution in [0.15, 0.2) is 36.4 Å². The van der Waals surface area contributed by atoms with Crippen LogP contribution in [0.3, 0.4) is 0 Å². The molecule has 4 nitrogen and oxygen atoms in total. The number of aryl methyl sites for hydroxylation is 1. The van der Waals surface area contributed by atoms with Gasteiger partial charge in [-0.05, 0) is 50.1 Å². The number of thiophene rings is 1. The molecular weight excluding hydrogens is 470 g/mol. The molecule has 0 aliphatic heterocycles. The zero-order chi connectivity index (χ0) is 24.4. The molecule has 1 aliphatic rings. The average Bonchev–Trinajstić information content (AvgIpc) is 3.16. The van der Waals surface area contributed by atoms with Gasteiger partial charge < -0.3 is 5.32 Å². The van der Waals surface area contributed by atoms with Gasteiger partial charge in [0.15, 0.2) is 6.04 Å². The predicted octanol–water partition coefficient (Wildman–Crippen LogP) is 6.16. The van der Waals surface area contributed by atoms with Crippen molar-refractivity contribution in [3.05, 3.63) is 51.7 Å². The number of amides is 2. The van der Waals surface area contributed by atoms with Crippen molar-refractivity contribution in [2.45, 2.75) is 63.5 Å². The summed E-state index contributed by atoms with van der Waals surface area (Å²) in [6, 6.07) is 3.93. The van der Waals surface area contributed by atoms with Crippen molar-refractivity contribution in [3.8, 4) is 0 Å². The lowest BCUT2D eigenvalue weighted by molar-refractivity contribution is -0.171. The van der Waals surface area contributed by atoms with Crippen LogP contribution in [0.2, 0.25) is 0 Å². The topological polar surface area (TPSA) is 49.4 Å². The molecule has 0 saturated heterocycles. The van der Waals surface area contributed by atoms with Crippen LogP contribution in [-0.2, 0) is 15.8 Å². The van der Waals surface area contributed by atoms with Crippen LogP contribution in [0.1, 0.15) is 53.5 Å². The number of carbonyl (C=O) groups excluding carboxylic acids is 2. The van der Waals surface area contributed by atoms with Crippen molar-refractivity contribution >= 4 is 28.8 Å². The second-order valence-electron chi connectivity index (χ2n) is 7.92. The smallest absolute Gasteiger partial charge is 0.351 e. The van der Waals surface area contributed by atoms with Gasteiger partial charge in [0.2, 0.25) is 5.91 Å². The van der Waals surface area contributed by atoms with Gasteiger partial charge in [-0.3, -0.25) is 14.5 Å². The van der Waals surface area contributed by atoms with E-state index in [-0.39, 0.29) is 15.8 Å². The monoisotopic (exact) mass is 492 g/mol. The molecule has 1 aliphatic carbocycles. The number of anilines is 1. The zero-order valence-electron chi connectivity index (χ0n) is 17.6. The van der Waals surface area contributed by atoms with E-state index in [1.165, 1.54) is 6.07 Å². The van der Waals surface area contributed by atoms with Crippen LogP contribution < -0.4 is 10.2 Å². The van der Waals surface area contributed by atoms with E-state index >= 15 is 0 Å². The first-order chi connectivity index (χ1) is 15.4. The lowest BCUT2D eigenvalue weighted by atomic mass is 9.95. The maximum absolute atomic E-state index is 13.6. The fourth-order valence-corrected chi connectivity index (χ4v) is 4.82. The predicted molar refractivity (Wildman–Crippen MR) is 112 cm³/mol. The van der Waals surface area contributed by atoms with E-state index in [1.807, 2.05) is 0 Å². The molecule has 3 rings (SSSR count). The minimum Gasteiger partial charge on any atom is -0.351 e. The SMILES string of the molecule is Cc1ccc([C@H](C(=O)NC2CCCCC2)N(C(=O)C(F)(F)F)c2cccc(C(F)(F)F)c2)s1. The van der Waals surface area contributed by atoms with Crippen molar-refractivity contribution < 1.29 is 35.9 Å². The van der Waals surface area contributed by atoms with E-state index < -0.39 is 41.5 Å². The lowest BCUT2D eigenvalue weighted by Crippen LogP contribution is -2.50. The molecule has 33 heavy (non-hydrogen) atoms. The summed E-state index contributed by atoms with van der Waals surface area (Å²) < 4.78 is 80.5. The van der Waals surface area contributed by atoms with E-state index in [9.17, 15) is 35.9 Å². The third-order valence-electron chi connectivity index (χ3n) is 5.40. The van der Waals surface area contributed by atoms with Crippen LogP contribution in [0.25, 0.3) is 0 Å². The van der Waals surface area contributed by atoms with Gasteiger partial charge in [-0.25, -0.2) is 0 Å². The van der Waals surface area contributed by atoms with Gasteiger partial charge in [-0.1, -0.05) is 25.3 Å². The molecule has 0 radical (unpaired) electrons. The summed E-state index contributed by atoms with van der Waals surface area (Å²) in [5.41, 5.74) is -1.89. The van der Waals surface area contributed by atoms with Gasteiger partial charge in [0, 0.05) is 21.5 Å². The Morgan fingerprint density at radius 1 is 1.03 bits per heavy atom. The van der Waals surface area contributed by atoms with Gasteiger partial charge in [0.05, 0.1) is 5.56 Å². The lowest BCUT2D eigenvalue weighted by Gasteiger charge is -2.33. The Labute approximate surface area is 190 Å². The number of nitrogens with one attached hydrogen (secondary N) is 1. The fraction of sp³-hybridized carbons (Fsp3) is 0.455. The van der Waals surface area contributed by atoms with Crippen LogP contribution in [0.5, 0.6) is 0 Å². The minimum atomic E-state index is -5.41. The number of hydrogen-bond donors (Lipinski definition) is 1. The highest BCUT2D eigenvalue weighted by atomic mass is 32.1. The maximum Gasteiger partial charge on any atom is 0.471 e. The van der Waals surface area contributed by atoms with Crippen LogP contribution in [0.4, 0.5) is 32.0 Å². The Balaban J connectivity index is 2.11. The number of rotatable bonds is 5. The Hall–Kier alpha value is -2.56. The first-order valence-corrected chi connectivity index (χ1v) is 11.1. The Kier molecular flexibility index (Phi) is 7.40. The molecular formula is C22H22F6N2O2S. The summed E-state index contributed by atoms with van der Waals surface area (Å²) in [6.45, 7) is 1.67. The summed E-state index contributed by atoms with van der Waals surface area (Å²) in [5.74, 6) is -3.28. The highest BCUT2D eigenvalue weighted by molar-refractivity contribution is 7.12. The number of halogens is 6. The quantitative estimate of drug-likeness (QED) is 0.508. The molecule has 0 unspecified atom stereocenters. The average molecular weight is 492 g/mol. The van der Waals surface area contributed by atoms with E-state index in [0.717, 1.165) is 42.7 Å². The molecule has 1 N–H and O–H groups in total. The highest BCUT2D eigenvalue weighted by Gasteiger charge is 2.48. The zero-order valence-corrected chi connectivity index (χ0v) is 18.4. The molecule has 2 amide bonds. The molecule has 1 atom stereocenters. The molecule has 2 aromatic rings. The first-order valence-electron chi connectivity index (χ1n) is 10.3. The summed E-state index contributed by atoms with van der Waals surface area (Å²) in [5, 5.41) is 2.71. The number of hydrogen-bond acceptors (Lipinski definition) is 3. The second-order valence-corrected chi connectivity index (χ2v) is 9.23. The van der Waals surface area contributed by atoms with Gasteiger partial charge in [-0.2, -0.15) is 26.3 Å². The van der Waals surface area contributed by atoms with E-state index in [1.54, 1.807) is 13.0 Å². The Morgan fingerprint density at radius 3 is 2.24 bits per heavy atom. The summed E-state index contributed by atoms with van der Waals surface area (Å²) >= 11 is 1.00. The van der Waals surface area contributed by atoms with Crippen LogP contribution in [0, 0.1) is 6.92 Å². The van der Waals surface area contributed by atoms with Crippen LogP contribution in [-0.4, -0.2) is 24.0 Å². The molecule has 180 valence electrons. The Bertz CT molecular complexity index is 995. The van der Waals surface area contributed by atoms with E-state index in [0.29, 0.717) is 29.9 Å². The molecule has 1 aromatic heterocycles. The molecule has 1 saturated carbocycles. The first kappa shape index (κ1) is 25.1. The third-order valence-corrected chi connectivity index (χ3v) is 6.45. The van der Waals surface area contributed by atoms with Gasteiger partial charge in [-0.15, -0.1) is 11.3 Å². The second kappa shape index (κ2) is 9.74. The van der Waals surface area contributed by atoms with Crippen molar-refractivity contribution in [1.82, 2.24) is 5.32 Å². The molecule has 1 heterocycles. The van der Waals surface area contributed by atoms with Crippen molar-refractivity contribution in [1.29, 1.82) is 0 Å². The van der Waals surface area contributed by atoms with Gasteiger partial charge in [0.25, 0.3) is 0 Å². The highest BCUT2D eigenvalue weighted by Crippen LogP contribution is 2.38. The van der Waals surface area contributed by atoms with Gasteiger partial charge in [0.1, 0.15) is 0 Å². The third kappa shape index (κ3) is 6.07. The maximum atomic E-state index is 13.6. The van der Waals surface area contributed by atoms with E-state index in [4.69, 9.17) is 0 Å². The Morgan fingerprint density at radius 2 is 1.70 bits per heavy atom. The van der Waals surface area contributed by atoms with Crippen molar-refractivity contribution in [2.75, 3.05) is 4.90 Å². The molecule has 1 fully saturated rings. The van der Waals surface area contributed by atoms with E-state index in [2.05, 4.69) is 5.32 Å². The summed E-state index contributed by atoms with van der Waals surface area (Å²) in [6.07, 6.45) is -6.33. The number of alkyl halides is 6. The van der Waals surface area contributed by atoms with Gasteiger partial charge >= 0.3 is 18.3 Å². The molecule has 0 spiro atoms. The summed E-state index contributed by atoms with van der Waals surface area (Å²) in [4.78, 5) is 26.7. The van der Waals surface area contributed by atoms with Crippen LogP contribution >= 0.6 is 11.3 Å². The normalized spacial score (nSPS) is 16.3. The van der Waals surface area contributed by atoms with Crippen molar-refractivity contribution in [2.24, 2.45) is 0 Å². The summed E-state index contributed by atoms with van der Waals surface area (Å²) in [7, 11) is 0. The molecule has 0 bridgehead atoms. The standard InChI is InChI=1S/C22H22F6N2O2S/c1-13-10-11-17(33-13)18(19(31)29-15-7-3-2-4-8-15)30(20(32)22(26,27)28)16-9-5-6-14(12-16)21(23,24)25/h5-6,9-12,15,18H,2-4,7-8H2,1H3,(H,29,31)/t18-/m1/s1. The number of benzene rings is 1. The molecule has 1 aromatic carbocycles. The molecule has 11 heteroatoms. The largest absolute Gasteiger partial charge is 0.471 e. The van der Waals surface area contributed by atoms with Crippen molar-refractivity contribution in [3.63, 3.8) is 0 Å².